The van der Waals surface area contributed by atoms with Crippen molar-refractivity contribution in [3.05, 3.63) is 12.2 Å². The van der Waals surface area contributed by atoms with Gasteiger partial charge in [0.1, 0.15) is 0 Å². The summed E-state index contributed by atoms with van der Waals surface area (Å²) in [5.41, 5.74) is 0. The molecule has 0 spiro atoms. The number of aliphatic hydroxyl groups is 1. The van der Waals surface area contributed by atoms with Crippen molar-refractivity contribution >= 4 is 23.2 Å². The fraction of sp³-hybridized carbons (Fsp3) is 0.714. The molecule has 0 amide bonds. The summed E-state index contributed by atoms with van der Waals surface area (Å²) < 4.78 is -0.905. The van der Waals surface area contributed by atoms with E-state index in [1.54, 1.807) is 0 Å². The van der Waals surface area contributed by atoms with Gasteiger partial charge in [0, 0.05) is 11.8 Å². The number of hydrogen-bond donors (Lipinski definition) is 1. The van der Waals surface area contributed by atoms with Crippen LogP contribution in [0.25, 0.3) is 0 Å². The number of aliphatic hydroxyl groups excluding tert-OH is 1. The summed E-state index contributed by atoms with van der Waals surface area (Å²) in [5.74, 6) is 0.473. The van der Waals surface area contributed by atoms with Gasteiger partial charge in [-0.2, -0.15) is 0 Å². The summed E-state index contributed by atoms with van der Waals surface area (Å²) in [6, 6.07) is 0. The first-order valence-corrected chi connectivity index (χ1v) is 4.12. The first-order valence-electron chi connectivity index (χ1n) is 3.36. The molecule has 1 N–H and O–H groups in total. The number of rotatable bonds is 0. The van der Waals surface area contributed by atoms with E-state index in [0.717, 1.165) is 6.42 Å². The van der Waals surface area contributed by atoms with E-state index in [0.29, 0.717) is 0 Å². The zero-order chi connectivity index (χ0) is 7.35. The van der Waals surface area contributed by atoms with Gasteiger partial charge >= 0.3 is 0 Å². The standard InChI is InChI=1S/C7H8Cl2O/c8-7(9)5-3-1-2-4(5)6(7)10/h1,3-6,10H,2H2/t4-,5+,6-/m1/s1. The van der Waals surface area contributed by atoms with Crippen LogP contribution in [0.4, 0.5) is 0 Å². The summed E-state index contributed by atoms with van der Waals surface area (Å²) in [4.78, 5) is 0. The van der Waals surface area contributed by atoms with E-state index in [9.17, 15) is 5.11 Å². The summed E-state index contributed by atoms with van der Waals surface area (Å²) in [6.45, 7) is 0. The molecule has 2 rings (SSSR count). The minimum Gasteiger partial charge on any atom is -0.390 e. The van der Waals surface area contributed by atoms with Crippen LogP contribution >= 0.6 is 23.2 Å². The minimum atomic E-state index is -0.905. The maximum atomic E-state index is 9.34. The van der Waals surface area contributed by atoms with Crippen LogP contribution in [-0.2, 0) is 0 Å². The van der Waals surface area contributed by atoms with Crippen LogP contribution < -0.4 is 0 Å². The minimum absolute atomic E-state index is 0.186. The summed E-state index contributed by atoms with van der Waals surface area (Å²) in [5, 5.41) is 9.34. The highest BCUT2D eigenvalue weighted by atomic mass is 35.5. The molecule has 0 unspecified atom stereocenters. The zero-order valence-corrected chi connectivity index (χ0v) is 6.81. The van der Waals surface area contributed by atoms with Crippen LogP contribution in [0.1, 0.15) is 6.42 Å². The SMILES string of the molecule is O[C@@H]1[C@@H]2CC=C[C@@H]2C1(Cl)Cl. The third-order valence-electron chi connectivity index (χ3n) is 2.46. The van der Waals surface area contributed by atoms with Crippen molar-refractivity contribution in [2.75, 3.05) is 0 Å². The summed E-state index contributed by atoms with van der Waals surface area (Å²) >= 11 is 11.6. The van der Waals surface area contributed by atoms with Crippen molar-refractivity contribution in [1.29, 1.82) is 0 Å². The normalized spacial score (nSPS) is 48.5. The monoisotopic (exact) mass is 178 g/mol. The Kier molecular flexibility index (Phi) is 1.32. The quantitative estimate of drug-likeness (QED) is 0.443. The molecule has 3 heteroatoms. The molecule has 1 nitrogen and oxygen atoms in total. The molecular formula is C7H8Cl2O. The number of hydrogen-bond acceptors (Lipinski definition) is 1. The van der Waals surface area contributed by atoms with Crippen molar-refractivity contribution < 1.29 is 5.11 Å². The Morgan fingerprint density at radius 2 is 2.20 bits per heavy atom. The molecule has 0 bridgehead atoms. The lowest BCUT2D eigenvalue weighted by Crippen LogP contribution is -2.57. The van der Waals surface area contributed by atoms with Crippen LogP contribution in [0.2, 0.25) is 0 Å². The van der Waals surface area contributed by atoms with Gasteiger partial charge in [0.2, 0.25) is 0 Å². The Balaban J connectivity index is 2.21. The Morgan fingerprint density at radius 1 is 1.50 bits per heavy atom. The van der Waals surface area contributed by atoms with E-state index < -0.39 is 10.4 Å². The molecule has 0 aromatic rings. The molecular weight excluding hydrogens is 171 g/mol. The number of alkyl halides is 2. The first kappa shape index (κ1) is 6.96. The van der Waals surface area contributed by atoms with E-state index in [1.165, 1.54) is 0 Å². The highest BCUT2D eigenvalue weighted by molar-refractivity contribution is 6.50. The second-order valence-corrected chi connectivity index (χ2v) is 4.42. The van der Waals surface area contributed by atoms with Gasteiger partial charge in [-0.3, -0.25) is 0 Å². The van der Waals surface area contributed by atoms with Crippen molar-refractivity contribution in [3.8, 4) is 0 Å². The maximum absolute atomic E-state index is 9.34. The highest BCUT2D eigenvalue weighted by Gasteiger charge is 2.59. The van der Waals surface area contributed by atoms with Gasteiger partial charge in [0.05, 0.1) is 6.10 Å². The van der Waals surface area contributed by atoms with Crippen LogP contribution in [0.15, 0.2) is 12.2 Å². The summed E-state index contributed by atoms with van der Waals surface area (Å²) in [6.07, 6.45) is 4.42. The number of halogens is 2. The van der Waals surface area contributed by atoms with E-state index in [2.05, 4.69) is 0 Å². The molecule has 56 valence electrons. The van der Waals surface area contributed by atoms with Crippen molar-refractivity contribution in [3.63, 3.8) is 0 Å². The lowest BCUT2D eigenvalue weighted by molar-refractivity contribution is -0.0159. The smallest absolute Gasteiger partial charge is 0.150 e. The Hall–Kier alpha value is 0.280. The number of allylic oxidation sites excluding steroid dienone is 2. The molecule has 2 aliphatic carbocycles. The largest absolute Gasteiger partial charge is 0.390 e. The second kappa shape index (κ2) is 1.90. The average Bonchev–Trinajstić information content (AvgIpc) is 2.31. The summed E-state index contributed by atoms with van der Waals surface area (Å²) in [7, 11) is 0. The van der Waals surface area contributed by atoms with Crippen LogP contribution in [0, 0.1) is 11.8 Å². The molecule has 0 aromatic carbocycles. The lowest BCUT2D eigenvalue weighted by Gasteiger charge is -2.48. The lowest BCUT2D eigenvalue weighted by atomic mass is 9.72. The van der Waals surface area contributed by atoms with Crippen LogP contribution in [0.5, 0.6) is 0 Å². The van der Waals surface area contributed by atoms with Gasteiger partial charge < -0.3 is 5.11 Å². The van der Waals surface area contributed by atoms with Gasteiger partial charge in [0.25, 0.3) is 0 Å². The molecule has 0 radical (unpaired) electrons. The first-order chi connectivity index (χ1) is 4.64. The van der Waals surface area contributed by atoms with Crippen molar-refractivity contribution in [2.45, 2.75) is 16.9 Å². The molecule has 0 aliphatic heterocycles. The van der Waals surface area contributed by atoms with Gasteiger partial charge in [-0.05, 0) is 6.42 Å². The fourth-order valence-electron chi connectivity index (χ4n) is 1.77. The zero-order valence-electron chi connectivity index (χ0n) is 5.30. The van der Waals surface area contributed by atoms with Crippen molar-refractivity contribution in [1.82, 2.24) is 0 Å². The third-order valence-corrected chi connectivity index (χ3v) is 3.41. The van der Waals surface area contributed by atoms with E-state index >= 15 is 0 Å². The van der Waals surface area contributed by atoms with Crippen LogP contribution in [0.3, 0.4) is 0 Å². The van der Waals surface area contributed by atoms with Gasteiger partial charge in [-0.15, -0.1) is 0 Å². The van der Waals surface area contributed by atoms with Gasteiger partial charge in [-0.25, -0.2) is 0 Å². The van der Waals surface area contributed by atoms with E-state index in [4.69, 9.17) is 23.2 Å². The maximum Gasteiger partial charge on any atom is 0.150 e. The molecule has 10 heavy (non-hydrogen) atoms. The Bertz CT molecular complexity index is 188. The van der Waals surface area contributed by atoms with Gasteiger partial charge in [-0.1, -0.05) is 35.4 Å². The van der Waals surface area contributed by atoms with E-state index in [1.807, 2.05) is 12.2 Å². The predicted octanol–water partition coefficient (Wildman–Crippen LogP) is 1.73. The average molecular weight is 179 g/mol. The molecule has 1 saturated carbocycles. The topological polar surface area (TPSA) is 20.2 Å². The second-order valence-electron chi connectivity index (χ2n) is 2.97. The van der Waals surface area contributed by atoms with Gasteiger partial charge in [0.15, 0.2) is 4.33 Å². The highest BCUT2D eigenvalue weighted by Crippen LogP contribution is 2.56. The molecule has 0 heterocycles. The third kappa shape index (κ3) is 0.635. The fourth-order valence-corrected chi connectivity index (χ4v) is 2.57. The molecule has 1 fully saturated rings. The number of fused-ring (bicyclic) bond motifs is 1. The Morgan fingerprint density at radius 3 is 2.80 bits per heavy atom. The molecule has 3 atom stereocenters. The molecule has 0 saturated heterocycles. The molecule has 0 aromatic heterocycles. The van der Waals surface area contributed by atoms with Crippen LogP contribution in [-0.4, -0.2) is 15.5 Å². The van der Waals surface area contributed by atoms with Crippen molar-refractivity contribution in [2.24, 2.45) is 11.8 Å². The molecule has 2 aliphatic rings. The Labute approximate surface area is 69.6 Å². The van der Waals surface area contributed by atoms with E-state index in [-0.39, 0.29) is 11.8 Å². The predicted molar refractivity (Wildman–Crippen MR) is 41.2 cm³/mol.